The third-order valence-electron chi connectivity index (χ3n) is 2.91. The molecular weight excluding hydrogens is 281 g/mol. The molecule has 0 saturated heterocycles. The summed E-state index contributed by atoms with van der Waals surface area (Å²) >= 11 is 5.67. The summed E-state index contributed by atoms with van der Waals surface area (Å²) < 4.78 is 20.6. The van der Waals surface area contributed by atoms with Crippen LogP contribution in [0.15, 0.2) is 24.4 Å². The number of aromatic nitrogens is 2. The predicted molar refractivity (Wildman–Crippen MR) is 78.2 cm³/mol. The minimum absolute atomic E-state index is 0.0998. The maximum atomic E-state index is 13.4. The van der Waals surface area contributed by atoms with Gasteiger partial charge in [-0.05, 0) is 32.0 Å². The number of halogens is 2. The summed E-state index contributed by atoms with van der Waals surface area (Å²) in [7, 11) is 1.65. The highest BCUT2D eigenvalue weighted by molar-refractivity contribution is 6.30. The van der Waals surface area contributed by atoms with E-state index in [0.29, 0.717) is 18.2 Å². The number of hydrogen-bond acceptors (Lipinski definition) is 3. The summed E-state index contributed by atoms with van der Waals surface area (Å²) in [5.41, 5.74) is 1.48. The largest absolute Gasteiger partial charge is 0.383 e. The van der Waals surface area contributed by atoms with Crippen LogP contribution in [0.5, 0.6) is 0 Å². The number of anilines is 2. The molecule has 0 amide bonds. The van der Waals surface area contributed by atoms with Crippen molar-refractivity contribution in [3.05, 3.63) is 40.9 Å². The van der Waals surface area contributed by atoms with Gasteiger partial charge in [0.15, 0.2) is 0 Å². The first kappa shape index (κ1) is 14.8. The number of hydrogen-bond donors (Lipinski definition) is 1. The van der Waals surface area contributed by atoms with Crippen molar-refractivity contribution in [3.63, 3.8) is 0 Å². The first-order valence-electron chi connectivity index (χ1n) is 6.27. The lowest BCUT2D eigenvalue weighted by atomic mass is 10.3. The molecule has 1 unspecified atom stereocenters. The predicted octanol–water partition coefficient (Wildman–Crippen LogP) is 3.94. The van der Waals surface area contributed by atoms with E-state index in [-0.39, 0.29) is 11.1 Å². The van der Waals surface area contributed by atoms with E-state index in [9.17, 15) is 4.39 Å². The average Bonchev–Trinajstić information content (AvgIpc) is 2.75. The molecule has 0 saturated carbocycles. The number of benzene rings is 1. The fourth-order valence-corrected chi connectivity index (χ4v) is 2.09. The Labute approximate surface area is 122 Å². The highest BCUT2D eigenvalue weighted by atomic mass is 35.5. The minimum Gasteiger partial charge on any atom is -0.383 e. The number of aryl methyl sites for hydroxylation is 1. The van der Waals surface area contributed by atoms with Gasteiger partial charge in [0.25, 0.3) is 0 Å². The molecule has 0 fully saturated rings. The van der Waals surface area contributed by atoms with Crippen molar-refractivity contribution < 1.29 is 9.13 Å². The van der Waals surface area contributed by atoms with Gasteiger partial charge >= 0.3 is 0 Å². The molecular formula is C14H17ClFN3O. The average molecular weight is 298 g/mol. The van der Waals surface area contributed by atoms with E-state index < -0.39 is 5.82 Å². The number of imidazole rings is 1. The van der Waals surface area contributed by atoms with Crippen LogP contribution in [-0.2, 0) is 4.74 Å². The summed E-state index contributed by atoms with van der Waals surface area (Å²) in [4.78, 5) is 4.40. The first-order chi connectivity index (χ1) is 9.51. The Hall–Kier alpha value is -1.59. The van der Waals surface area contributed by atoms with Gasteiger partial charge in [-0.15, -0.1) is 0 Å². The lowest BCUT2D eigenvalue weighted by molar-refractivity contribution is 0.163. The van der Waals surface area contributed by atoms with Crippen molar-refractivity contribution >= 4 is 23.2 Å². The van der Waals surface area contributed by atoms with Crippen LogP contribution in [0, 0.1) is 12.7 Å². The lowest BCUT2D eigenvalue weighted by Crippen LogP contribution is -2.12. The second-order valence-electron chi connectivity index (χ2n) is 4.67. The van der Waals surface area contributed by atoms with E-state index in [0.717, 1.165) is 5.69 Å². The van der Waals surface area contributed by atoms with Crippen LogP contribution >= 0.6 is 11.6 Å². The molecule has 1 atom stereocenters. The molecule has 1 N–H and O–H groups in total. The van der Waals surface area contributed by atoms with Crippen LogP contribution in [0.2, 0.25) is 5.02 Å². The molecule has 0 aliphatic heterocycles. The number of methoxy groups -OCH3 is 1. The molecule has 2 aromatic rings. The van der Waals surface area contributed by atoms with Crippen LogP contribution < -0.4 is 5.32 Å². The van der Waals surface area contributed by atoms with Gasteiger partial charge < -0.3 is 14.6 Å². The Morgan fingerprint density at radius 3 is 2.90 bits per heavy atom. The van der Waals surface area contributed by atoms with Crippen LogP contribution in [0.3, 0.4) is 0 Å². The normalized spacial score (nSPS) is 12.4. The van der Waals surface area contributed by atoms with Gasteiger partial charge in [-0.2, -0.15) is 0 Å². The van der Waals surface area contributed by atoms with E-state index in [1.54, 1.807) is 13.2 Å². The fourth-order valence-electron chi connectivity index (χ4n) is 1.97. The standard InChI is InChI=1S/C14H17ClFN3O/c1-9-7-19(10(2)8-20-3)14(17-9)18-11-4-5-12(15)13(16)6-11/h4-7,10H,8H2,1-3H3,(H,17,18). The number of nitrogens with one attached hydrogen (secondary N) is 1. The molecule has 0 aliphatic carbocycles. The van der Waals surface area contributed by atoms with Gasteiger partial charge in [-0.3, -0.25) is 0 Å². The minimum atomic E-state index is -0.462. The maximum absolute atomic E-state index is 13.4. The molecule has 108 valence electrons. The maximum Gasteiger partial charge on any atom is 0.207 e. The van der Waals surface area contributed by atoms with Crippen molar-refractivity contribution in [2.45, 2.75) is 19.9 Å². The van der Waals surface area contributed by atoms with Crippen molar-refractivity contribution in [2.75, 3.05) is 19.0 Å². The highest BCUT2D eigenvalue weighted by Gasteiger charge is 2.12. The smallest absolute Gasteiger partial charge is 0.207 e. The Balaban J connectivity index is 2.26. The van der Waals surface area contributed by atoms with Gasteiger partial charge in [0, 0.05) is 19.0 Å². The molecule has 20 heavy (non-hydrogen) atoms. The molecule has 0 radical (unpaired) electrons. The molecule has 1 aromatic carbocycles. The van der Waals surface area contributed by atoms with Gasteiger partial charge in [0.1, 0.15) is 5.82 Å². The van der Waals surface area contributed by atoms with Crippen molar-refractivity contribution in [3.8, 4) is 0 Å². The number of rotatable bonds is 5. The van der Waals surface area contributed by atoms with Gasteiger partial charge in [-0.25, -0.2) is 9.37 Å². The first-order valence-corrected chi connectivity index (χ1v) is 6.65. The van der Waals surface area contributed by atoms with Crippen molar-refractivity contribution in [1.82, 2.24) is 9.55 Å². The van der Waals surface area contributed by atoms with Crippen LogP contribution in [0.1, 0.15) is 18.7 Å². The second kappa shape index (κ2) is 6.24. The molecule has 0 aliphatic rings. The van der Waals surface area contributed by atoms with E-state index in [1.165, 1.54) is 12.1 Å². The van der Waals surface area contributed by atoms with Crippen LogP contribution in [-0.4, -0.2) is 23.3 Å². The zero-order valence-electron chi connectivity index (χ0n) is 11.7. The summed E-state index contributed by atoms with van der Waals surface area (Å²) in [6.45, 7) is 4.50. The molecule has 1 heterocycles. The molecule has 6 heteroatoms. The fraction of sp³-hybridized carbons (Fsp3) is 0.357. The Morgan fingerprint density at radius 1 is 1.50 bits per heavy atom. The third kappa shape index (κ3) is 3.29. The number of ether oxygens (including phenoxy) is 1. The van der Waals surface area contributed by atoms with E-state index in [1.807, 2.05) is 24.6 Å². The second-order valence-corrected chi connectivity index (χ2v) is 5.08. The molecule has 0 spiro atoms. The molecule has 4 nitrogen and oxygen atoms in total. The SMILES string of the molecule is COCC(C)n1cc(C)nc1Nc1ccc(Cl)c(F)c1. The summed E-state index contributed by atoms with van der Waals surface area (Å²) in [5, 5.41) is 3.20. The molecule has 2 rings (SSSR count). The Bertz CT molecular complexity index is 600. The van der Waals surface area contributed by atoms with E-state index in [4.69, 9.17) is 16.3 Å². The van der Waals surface area contributed by atoms with E-state index >= 15 is 0 Å². The van der Waals surface area contributed by atoms with Gasteiger partial charge in [0.2, 0.25) is 5.95 Å². The summed E-state index contributed by atoms with van der Waals surface area (Å²) in [6, 6.07) is 4.69. The summed E-state index contributed by atoms with van der Waals surface area (Å²) in [5.74, 6) is 0.185. The highest BCUT2D eigenvalue weighted by Crippen LogP contribution is 2.23. The Kier molecular flexibility index (Phi) is 4.62. The monoisotopic (exact) mass is 297 g/mol. The zero-order valence-corrected chi connectivity index (χ0v) is 12.4. The number of nitrogens with zero attached hydrogens (tertiary/aromatic N) is 2. The topological polar surface area (TPSA) is 39.1 Å². The van der Waals surface area contributed by atoms with Crippen LogP contribution in [0.4, 0.5) is 16.0 Å². The Morgan fingerprint density at radius 2 is 2.25 bits per heavy atom. The van der Waals surface area contributed by atoms with Gasteiger partial charge in [0.05, 0.1) is 23.4 Å². The van der Waals surface area contributed by atoms with Gasteiger partial charge in [-0.1, -0.05) is 11.6 Å². The zero-order chi connectivity index (χ0) is 14.7. The lowest BCUT2D eigenvalue weighted by Gasteiger charge is -2.16. The molecule has 0 bridgehead atoms. The quantitative estimate of drug-likeness (QED) is 0.908. The van der Waals surface area contributed by atoms with Crippen molar-refractivity contribution in [2.24, 2.45) is 0 Å². The van der Waals surface area contributed by atoms with Crippen molar-refractivity contribution in [1.29, 1.82) is 0 Å². The third-order valence-corrected chi connectivity index (χ3v) is 3.22. The molecule has 1 aromatic heterocycles. The summed E-state index contributed by atoms with van der Waals surface area (Å²) in [6.07, 6.45) is 1.93. The van der Waals surface area contributed by atoms with E-state index in [2.05, 4.69) is 10.3 Å². The van der Waals surface area contributed by atoms with Crippen LogP contribution in [0.25, 0.3) is 0 Å².